The molecule has 4 aromatic rings. The number of pyridine rings is 1. The van der Waals surface area contributed by atoms with Crippen LogP contribution >= 0.6 is 22.9 Å². The van der Waals surface area contributed by atoms with Gasteiger partial charge >= 0.3 is 0 Å². The Morgan fingerprint density at radius 1 is 0.962 bits per heavy atom. The minimum absolute atomic E-state index is 0.113. The van der Waals surface area contributed by atoms with Gasteiger partial charge in [-0.25, -0.2) is 13.4 Å². The number of thiophene rings is 1. The quantitative estimate of drug-likeness (QED) is 0.440. The zero-order valence-electron chi connectivity index (χ0n) is 13.8. The van der Waals surface area contributed by atoms with E-state index in [1.54, 1.807) is 24.4 Å². The fraction of sp³-hybridized carbons (Fsp3) is 0.0500. The predicted molar refractivity (Wildman–Crippen MR) is 107 cm³/mol. The Labute approximate surface area is 160 Å². The average molecular weight is 400 g/mol. The van der Waals surface area contributed by atoms with Gasteiger partial charge in [0, 0.05) is 17.1 Å². The van der Waals surface area contributed by atoms with Crippen LogP contribution in [0, 0.1) is 6.92 Å². The van der Waals surface area contributed by atoms with Gasteiger partial charge in [0.25, 0.3) is 0 Å². The first kappa shape index (κ1) is 17.2. The van der Waals surface area contributed by atoms with Gasteiger partial charge in [0.2, 0.25) is 9.84 Å². The van der Waals surface area contributed by atoms with Gasteiger partial charge in [-0.05, 0) is 36.8 Å². The van der Waals surface area contributed by atoms with Crippen LogP contribution in [0.4, 0.5) is 0 Å². The van der Waals surface area contributed by atoms with Crippen LogP contribution in [0.25, 0.3) is 21.3 Å². The summed E-state index contributed by atoms with van der Waals surface area (Å²) in [7, 11) is -3.77. The van der Waals surface area contributed by atoms with Crippen LogP contribution in [0.3, 0.4) is 0 Å². The second-order valence-corrected chi connectivity index (χ2v) is 9.44. The number of fused-ring (bicyclic) bond motifs is 1. The first-order chi connectivity index (χ1) is 12.5. The lowest BCUT2D eigenvalue weighted by Gasteiger charge is -2.08. The largest absolute Gasteiger partial charge is 0.245 e. The maximum Gasteiger partial charge on any atom is 0.218 e. The third-order valence-electron chi connectivity index (χ3n) is 4.14. The lowest BCUT2D eigenvalue weighted by Crippen LogP contribution is -2.02. The van der Waals surface area contributed by atoms with Gasteiger partial charge < -0.3 is 0 Å². The van der Waals surface area contributed by atoms with Crippen LogP contribution in [0.1, 0.15) is 5.56 Å². The molecule has 0 fully saturated rings. The summed E-state index contributed by atoms with van der Waals surface area (Å²) in [6, 6.07) is 18.1. The van der Waals surface area contributed by atoms with Crippen molar-refractivity contribution in [2.24, 2.45) is 0 Å². The molecule has 0 bridgehead atoms. The third-order valence-corrected chi connectivity index (χ3v) is 8.03. The molecule has 0 aliphatic rings. The second kappa shape index (κ2) is 6.50. The van der Waals surface area contributed by atoms with E-state index < -0.39 is 9.84 Å². The fourth-order valence-corrected chi connectivity index (χ4v) is 6.42. The summed E-state index contributed by atoms with van der Waals surface area (Å²) in [5.74, 6) is 0. The zero-order chi connectivity index (χ0) is 18.3. The average Bonchev–Trinajstić information content (AvgIpc) is 3.03. The highest BCUT2D eigenvalue weighted by atomic mass is 35.5. The molecule has 2 heterocycles. The Morgan fingerprint density at radius 3 is 2.42 bits per heavy atom. The standard InChI is InChI=1S/C20H14ClNO2S2/c1-13-8-10-14(11-9-13)18-15-5-4-12-22-19(15)25-20(18)26(23,24)17-7-3-2-6-16(17)21/h2-12H,1H3. The molecule has 4 rings (SSSR count). The van der Waals surface area contributed by atoms with Crippen molar-refractivity contribution in [2.75, 3.05) is 0 Å². The van der Waals surface area contributed by atoms with Crippen molar-refractivity contribution in [3.63, 3.8) is 0 Å². The number of rotatable bonds is 3. The van der Waals surface area contributed by atoms with Gasteiger partial charge in [-0.1, -0.05) is 53.6 Å². The summed E-state index contributed by atoms with van der Waals surface area (Å²) in [5.41, 5.74) is 2.64. The third kappa shape index (κ3) is 2.82. The van der Waals surface area contributed by atoms with Crippen LogP contribution in [-0.2, 0) is 9.84 Å². The molecule has 26 heavy (non-hydrogen) atoms. The molecule has 0 unspecified atom stereocenters. The molecule has 6 heteroatoms. The SMILES string of the molecule is Cc1ccc(-c2c(S(=O)(=O)c3ccccc3Cl)sc3ncccc23)cc1. The first-order valence-corrected chi connectivity index (χ1v) is 10.6. The van der Waals surface area contributed by atoms with Gasteiger partial charge in [-0.15, -0.1) is 11.3 Å². The molecule has 0 aliphatic heterocycles. The van der Waals surface area contributed by atoms with Crippen molar-refractivity contribution < 1.29 is 8.42 Å². The van der Waals surface area contributed by atoms with E-state index in [4.69, 9.17) is 11.6 Å². The maximum absolute atomic E-state index is 13.4. The van der Waals surface area contributed by atoms with Crippen LogP contribution in [0.5, 0.6) is 0 Å². The van der Waals surface area contributed by atoms with E-state index in [-0.39, 0.29) is 14.1 Å². The Kier molecular flexibility index (Phi) is 4.31. The molecule has 2 aromatic carbocycles. The number of hydrogen-bond acceptors (Lipinski definition) is 4. The van der Waals surface area contributed by atoms with Gasteiger partial charge in [0.1, 0.15) is 9.04 Å². The van der Waals surface area contributed by atoms with Gasteiger partial charge in [0.05, 0.1) is 9.92 Å². The van der Waals surface area contributed by atoms with Crippen LogP contribution < -0.4 is 0 Å². The van der Waals surface area contributed by atoms with Crippen molar-refractivity contribution in [1.29, 1.82) is 0 Å². The summed E-state index contributed by atoms with van der Waals surface area (Å²) >= 11 is 7.36. The van der Waals surface area contributed by atoms with Crippen molar-refractivity contribution in [3.8, 4) is 11.1 Å². The highest BCUT2D eigenvalue weighted by Crippen LogP contribution is 2.43. The molecule has 0 atom stereocenters. The zero-order valence-corrected chi connectivity index (χ0v) is 16.2. The fourth-order valence-electron chi connectivity index (χ4n) is 2.86. The molecule has 0 N–H and O–H groups in total. The van der Waals surface area contributed by atoms with Crippen LogP contribution in [-0.4, -0.2) is 13.4 Å². The molecule has 0 spiro atoms. The molecule has 3 nitrogen and oxygen atoms in total. The van der Waals surface area contributed by atoms with Crippen LogP contribution in [0.2, 0.25) is 5.02 Å². The van der Waals surface area contributed by atoms with Crippen molar-refractivity contribution in [2.45, 2.75) is 16.0 Å². The topological polar surface area (TPSA) is 47.0 Å². The molecular weight excluding hydrogens is 386 g/mol. The monoisotopic (exact) mass is 399 g/mol. The molecular formula is C20H14ClNO2S2. The number of hydrogen-bond donors (Lipinski definition) is 0. The number of benzene rings is 2. The Hall–Kier alpha value is -2.21. The van der Waals surface area contributed by atoms with Gasteiger partial charge in [-0.2, -0.15) is 0 Å². The summed E-state index contributed by atoms with van der Waals surface area (Å²) in [5, 5.41) is 1.04. The highest BCUT2D eigenvalue weighted by Gasteiger charge is 2.28. The van der Waals surface area contributed by atoms with E-state index in [0.717, 1.165) is 16.5 Å². The number of sulfone groups is 1. The highest BCUT2D eigenvalue weighted by molar-refractivity contribution is 7.94. The van der Waals surface area contributed by atoms with Gasteiger partial charge in [-0.3, -0.25) is 0 Å². The van der Waals surface area contributed by atoms with Crippen molar-refractivity contribution >= 4 is 43.0 Å². The van der Waals surface area contributed by atoms with E-state index in [9.17, 15) is 8.42 Å². The van der Waals surface area contributed by atoms with Crippen molar-refractivity contribution in [3.05, 3.63) is 77.4 Å². The van der Waals surface area contributed by atoms with E-state index in [1.165, 1.54) is 17.4 Å². The molecule has 130 valence electrons. The summed E-state index contributed by atoms with van der Waals surface area (Å²) in [6.45, 7) is 2.00. The number of aryl methyl sites for hydroxylation is 1. The first-order valence-electron chi connectivity index (χ1n) is 7.92. The minimum atomic E-state index is -3.77. The van der Waals surface area contributed by atoms with E-state index >= 15 is 0 Å². The number of halogens is 1. The summed E-state index contributed by atoms with van der Waals surface area (Å²) in [6.07, 6.45) is 1.67. The molecule has 0 amide bonds. The van der Waals surface area contributed by atoms with Crippen LogP contribution in [0.15, 0.2) is 76.0 Å². The van der Waals surface area contributed by atoms with E-state index in [0.29, 0.717) is 10.4 Å². The Morgan fingerprint density at radius 2 is 1.69 bits per heavy atom. The second-order valence-electron chi connectivity index (χ2n) is 5.92. The molecule has 0 radical (unpaired) electrons. The molecule has 0 saturated carbocycles. The summed E-state index contributed by atoms with van der Waals surface area (Å²) < 4.78 is 27.0. The Balaban J connectivity index is 2.06. The molecule has 0 aliphatic carbocycles. The molecule has 2 aromatic heterocycles. The lowest BCUT2D eigenvalue weighted by molar-refractivity contribution is 0.598. The van der Waals surface area contributed by atoms with E-state index in [1.807, 2.05) is 43.3 Å². The van der Waals surface area contributed by atoms with E-state index in [2.05, 4.69) is 4.98 Å². The molecule has 0 saturated heterocycles. The minimum Gasteiger partial charge on any atom is -0.245 e. The number of nitrogens with zero attached hydrogens (tertiary/aromatic N) is 1. The lowest BCUT2D eigenvalue weighted by atomic mass is 10.0. The van der Waals surface area contributed by atoms with Crippen molar-refractivity contribution in [1.82, 2.24) is 4.98 Å². The predicted octanol–water partition coefficient (Wildman–Crippen LogP) is 5.76. The summed E-state index contributed by atoms with van der Waals surface area (Å²) in [4.78, 5) is 5.16. The maximum atomic E-state index is 13.4. The Bertz CT molecular complexity index is 1210. The normalized spacial score (nSPS) is 11.8. The smallest absolute Gasteiger partial charge is 0.218 e. The number of aromatic nitrogens is 1. The van der Waals surface area contributed by atoms with Gasteiger partial charge in [0.15, 0.2) is 0 Å².